The van der Waals surface area contributed by atoms with Crippen molar-refractivity contribution in [2.75, 3.05) is 33.0 Å². The number of ether oxygens (including phenoxy) is 2. The molecular weight excluding hydrogens is 753 g/mol. The van der Waals surface area contributed by atoms with Gasteiger partial charge in [-0.05, 0) is 83.5 Å². The molecule has 0 aromatic heterocycles. The molecule has 0 saturated carbocycles. The topological polar surface area (TPSA) is 155 Å². The van der Waals surface area contributed by atoms with Crippen molar-refractivity contribution >= 4 is 19.8 Å². The number of aliphatic hydroxyl groups excluding tert-OH is 1. The van der Waals surface area contributed by atoms with E-state index in [1.54, 1.807) is 0 Å². The van der Waals surface area contributed by atoms with Gasteiger partial charge in [0, 0.05) is 26.0 Å². The van der Waals surface area contributed by atoms with Crippen molar-refractivity contribution in [2.24, 2.45) is 5.73 Å². The SMILES string of the molecule is CCCCCCCC/C=C\CCCCCCCCCCCC(=O)O[C@H](COC(=O)CCC/C=C\C/C=C\C/C=C\C/C=C\CCCCCO)COP(=O)(O)OCCN. The van der Waals surface area contributed by atoms with Crippen LogP contribution in [-0.2, 0) is 32.7 Å². The van der Waals surface area contributed by atoms with Gasteiger partial charge in [-0.3, -0.25) is 18.6 Å². The molecular formula is C47H84NO9P. The molecule has 0 saturated heterocycles. The number of hydrogen-bond donors (Lipinski definition) is 3. The number of phosphoric acid groups is 1. The number of nitrogens with two attached hydrogens (primary N) is 1. The quantitative estimate of drug-likeness (QED) is 0.0234. The van der Waals surface area contributed by atoms with Gasteiger partial charge in [0.15, 0.2) is 6.10 Å². The Balaban J connectivity index is 4.21. The molecule has 0 bridgehead atoms. The molecule has 1 unspecified atom stereocenters. The van der Waals surface area contributed by atoms with Crippen LogP contribution in [0, 0.1) is 0 Å². The summed E-state index contributed by atoms with van der Waals surface area (Å²) in [6.07, 6.45) is 49.8. The molecule has 0 spiro atoms. The van der Waals surface area contributed by atoms with E-state index in [9.17, 15) is 19.0 Å². The molecule has 0 rings (SSSR count). The number of aliphatic hydroxyl groups is 1. The fourth-order valence-electron chi connectivity index (χ4n) is 6.01. The second kappa shape index (κ2) is 44.2. The molecule has 0 heterocycles. The fraction of sp³-hybridized carbons (Fsp3) is 0.745. The maximum absolute atomic E-state index is 12.6. The number of carbonyl (C=O) groups is 2. The summed E-state index contributed by atoms with van der Waals surface area (Å²) >= 11 is 0. The van der Waals surface area contributed by atoms with Crippen molar-refractivity contribution in [3.63, 3.8) is 0 Å². The maximum Gasteiger partial charge on any atom is 0.472 e. The zero-order valence-electron chi connectivity index (χ0n) is 36.5. The van der Waals surface area contributed by atoms with Crippen LogP contribution in [0.1, 0.15) is 187 Å². The fourth-order valence-corrected chi connectivity index (χ4v) is 6.78. The second-order valence-corrected chi connectivity index (χ2v) is 16.4. The van der Waals surface area contributed by atoms with Crippen molar-refractivity contribution in [1.82, 2.24) is 0 Å². The van der Waals surface area contributed by atoms with Crippen molar-refractivity contribution < 1.29 is 42.7 Å². The molecule has 0 aliphatic rings. The Bertz CT molecular complexity index is 1140. The van der Waals surface area contributed by atoms with E-state index in [4.69, 9.17) is 29.4 Å². The van der Waals surface area contributed by atoms with E-state index in [2.05, 4.69) is 61.6 Å². The van der Waals surface area contributed by atoms with E-state index in [0.29, 0.717) is 12.8 Å². The van der Waals surface area contributed by atoms with Crippen molar-refractivity contribution in [3.05, 3.63) is 60.8 Å². The molecule has 11 heteroatoms. The third-order valence-corrected chi connectivity index (χ3v) is 10.4. The van der Waals surface area contributed by atoms with Gasteiger partial charge in [0.05, 0.1) is 13.2 Å². The average Bonchev–Trinajstić information content (AvgIpc) is 3.21. The predicted molar refractivity (Wildman–Crippen MR) is 239 cm³/mol. The van der Waals surface area contributed by atoms with Gasteiger partial charge in [0.25, 0.3) is 0 Å². The minimum atomic E-state index is -4.40. The van der Waals surface area contributed by atoms with E-state index < -0.39 is 32.5 Å². The van der Waals surface area contributed by atoms with Crippen molar-refractivity contribution in [2.45, 2.75) is 193 Å². The van der Waals surface area contributed by atoms with E-state index in [-0.39, 0.29) is 39.2 Å². The van der Waals surface area contributed by atoms with Crippen LogP contribution in [0.25, 0.3) is 0 Å². The average molecular weight is 838 g/mol. The van der Waals surface area contributed by atoms with Gasteiger partial charge in [-0.1, -0.05) is 151 Å². The Morgan fingerprint density at radius 3 is 1.50 bits per heavy atom. The third-order valence-electron chi connectivity index (χ3n) is 9.43. The Morgan fingerprint density at radius 2 is 0.983 bits per heavy atom. The molecule has 0 radical (unpaired) electrons. The number of rotatable bonds is 43. The number of allylic oxidation sites excluding steroid dienone is 10. The van der Waals surface area contributed by atoms with E-state index in [0.717, 1.165) is 70.6 Å². The number of phosphoric ester groups is 1. The van der Waals surface area contributed by atoms with E-state index in [1.807, 2.05) is 6.08 Å². The normalized spacial score (nSPS) is 13.8. The summed E-state index contributed by atoms with van der Waals surface area (Å²) in [5.41, 5.74) is 5.35. The lowest BCUT2D eigenvalue weighted by molar-refractivity contribution is -0.161. The molecule has 336 valence electrons. The van der Waals surface area contributed by atoms with Crippen molar-refractivity contribution in [3.8, 4) is 0 Å². The lowest BCUT2D eigenvalue weighted by Gasteiger charge is -2.19. The Kier molecular flexibility index (Phi) is 42.5. The number of esters is 2. The van der Waals surface area contributed by atoms with E-state index >= 15 is 0 Å². The third kappa shape index (κ3) is 43.3. The highest BCUT2D eigenvalue weighted by Crippen LogP contribution is 2.43. The van der Waals surface area contributed by atoms with Crippen LogP contribution in [0.3, 0.4) is 0 Å². The Hall–Kier alpha value is -2.33. The molecule has 0 amide bonds. The summed E-state index contributed by atoms with van der Waals surface area (Å²) in [5, 5.41) is 8.79. The first-order chi connectivity index (χ1) is 28.3. The molecule has 10 nitrogen and oxygen atoms in total. The van der Waals surface area contributed by atoms with Crippen LogP contribution < -0.4 is 5.73 Å². The minimum Gasteiger partial charge on any atom is -0.462 e. The summed E-state index contributed by atoms with van der Waals surface area (Å²) in [6, 6.07) is 0. The van der Waals surface area contributed by atoms with Crippen LogP contribution in [0.5, 0.6) is 0 Å². The van der Waals surface area contributed by atoms with Gasteiger partial charge in [-0.15, -0.1) is 0 Å². The van der Waals surface area contributed by atoms with Gasteiger partial charge in [-0.25, -0.2) is 4.57 Å². The molecule has 2 atom stereocenters. The lowest BCUT2D eigenvalue weighted by atomic mass is 10.1. The first-order valence-corrected chi connectivity index (χ1v) is 24.4. The predicted octanol–water partition coefficient (Wildman–Crippen LogP) is 12.2. The Labute approximate surface area is 353 Å². The molecule has 58 heavy (non-hydrogen) atoms. The lowest BCUT2D eigenvalue weighted by Crippen LogP contribution is -2.29. The largest absolute Gasteiger partial charge is 0.472 e. The van der Waals surface area contributed by atoms with Crippen LogP contribution >= 0.6 is 7.82 Å². The smallest absolute Gasteiger partial charge is 0.462 e. The minimum absolute atomic E-state index is 0.0395. The Morgan fingerprint density at radius 1 is 0.552 bits per heavy atom. The summed E-state index contributed by atoms with van der Waals surface area (Å²) in [6.45, 7) is 1.67. The number of hydrogen-bond acceptors (Lipinski definition) is 9. The summed E-state index contributed by atoms with van der Waals surface area (Å²) in [5.74, 6) is -0.911. The standard InChI is InChI=1S/C47H84NO9P/c1-2-3-4-5-6-7-8-9-10-11-12-14-18-21-24-27-30-33-36-39-47(51)57-45(44-56-58(52,53)55-42-40-48)43-54-46(50)38-35-32-29-26-23-20-17-15-13-16-19-22-25-28-31-34-37-41-49/h9-10,13,16-17,20,22,25-26,29,45,49H,2-8,11-12,14-15,18-19,21,23-24,27-28,30-44,48H2,1H3,(H,52,53)/b10-9-,16-13-,20-17-,25-22-,29-26-/t45-/m1/s1. The zero-order chi connectivity index (χ0) is 42.5. The number of unbranched alkanes of at least 4 members (excludes halogenated alkanes) is 19. The molecule has 0 aromatic rings. The van der Waals surface area contributed by atoms with E-state index in [1.165, 1.54) is 83.5 Å². The highest BCUT2D eigenvalue weighted by atomic mass is 31.2. The highest BCUT2D eigenvalue weighted by Gasteiger charge is 2.26. The summed E-state index contributed by atoms with van der Waals surface area (Å²) in [4.78, 5) is 34.9. The van der Waals surface area contributed by atoms with Crippen LogP contribution in [0.15, 0.2) is 60.8 Å². The van der Waals surface area contributed by atoms with Crippen molar-refractivity contribution in [1.29, 1.82) is 0 Å². The first kappa shape index (κ1) is 55.7. The van der Waals surface area contributed by atoms with Gasteiger partial charge in [-0.2, -0.15) is 0 Å². The van der Waals surface area contributed by atoms with Crippen LogP contribution in [0.4, 0.5) is 0 Å². The monoisotopic (exact) mass is 838 g/mol. The molecule has 0 aliphatic carbocycles. The molecule has 0 aliphatic heterocycles. The first-order valence-electron chi connectivity index (χ1n) is 22.9. The van der Waals surface area contributed by atoms with Gasteiger partial charge in [0.1, 0.15) is 6.61 Å². The zero-order valence-corrected chi connectivity index (χ0v) is 37.4. The summed E-state index contributed by atoms with van der Waals surface area (Å²) in [7, 11) is -4.40. The molecule has 0 aromatic carbocycles. The van der Waals surface area contributed by atoms with Crippen LogP contribution in [-0.4, -0.2) is 61.0 Å². The number of carbonyl (C=O) groups excluding carboxylic acids is 2. The highest BCUT2D eigenvalue weighted by molar-refractivity contribution is 7.47. The van der Waals surface area contributed by atoms with Gasteiger partial charge in [0.2, 0.25) is 0 Å². The van der Waals surface area contributed by atoms with Gasteiger partial charge < -0.3 is 25.2 Å². The summed E-state index contributed by atoms with van der Waals surface area (Å²) < 4.78 is 32.7. The second-order valence-electron chi connectivity index (χ2n) is 15.0. The molecule has 4 N–H and O–H groups in total. The van der Waals surface area contributed by atoms with Gasteiger partial charge >= 0.3 is 19.8 Å². The molecule has 0 fully saturated rings. The maximum atomic E-state index is 12.6. The van der Waals surface area contributed by atoms with Crippen LogP contribution in [0.2, 0.25) is 0 Å².